The van der Waals surface area contributed by atoms with Crippen molar-refractivity contribution in [3.63, 3.8) is 0 Å². The molecular weight excluding hydrogens is 470 g/mol. The van der Waals surface area contributed by atoms with Crippen molar-refractivity contribution in [2.75, 3.05) is 11.9 Å². The second kappa shape index (κ2) is 10.6. The van der Waals surface area contributed by atoms with Crippen LogP contribution < -0.4 is 10.6 Å². The molecule has 0 saturated heterocycles. The van der Waals surface area contributed by atoms with E-state index in [1.807, 2.05) is 48.5 Å². The maximum absolute atomic E-state index is 12.9. The number of fused-ring (bicyclic) bond motifs is 3. The predicted octanol–water partition coefficient (Wildman–Crippen LogP) is 4.75. The van der Waals surface area contributed by atoms with Crippen molar-refractivity contribution in [1.82, 2.24) is 10.3 Å². The minimum Gasteiger partial charge on any atom is -0.481 e. The number of nitrogens with one attached hydrogen (secondary N) is 2. The lowest BCUT2D eigenvalue weighted by molar-refractivity contribution is -0.137. The molecule has 3 aromatic rings. The van der Waals surface area contributed by atoms with Gasteiger partial charge in [0.2, 0.25) is 5.91 Å². The van der Waals surface area contributed by atoms with Crippen LogP contribution in [0, 0.1) is 6.92 Å². The lowest BCUT2D eigenvalue weighted by Gasteiger charge is -2.20. The summed E-state index contributed by atoms with van der Waals surface area (Å²) in [7, 11) is 0. The van der Waals surface area contributed by atoms with Gasteiger partial charge in [0.25, 0.3) is 0 Å². The van der Waals surface area contributed by atoms with Crippen LogP contribution in [-0.4, -0.2) is 40.7 Å². The lowest BCUT2D eigenvalue weighted by atomic mass is 9.98. The van der Waals surface area contributed by atoms with E-state index in [0.717, 1.165) is 22.3 Å². The number of halogens is 1. The average molecular weight is 494 g/mol. The number of amides is 2. The van der Waals surface area contributed by atoms with Crippen LogP contribution in [0.1, 0.15) is 35.4 Å². The normalized spacial score (nSPS) is 12.9. The van der Waals surface area contributed by atoms with Crippen LogP contribution in [-0.2, 0) is 14.3 Å². The molecule has 1 aliphatic rings. The predicted molar refractivity (Wildman–Crippen MR) is 131 cm³/mol. The number of benzene rings is 2. The number of carbonyl (C=O) groups excluding carboxylic acids is 2. The summed E-state index contributed by atoms with van der Waals surface area (Å²) in [6, 6.07) is 16.4. The van der Waals surface area contributed by atoms with Crippen molar-refractivity contribution < 1.29 is 24.2 Å². The summed E-state index contributed by atoms with van der Waals surface area (Å²) in [5, 5.41) is 14.5. The van der Waals surface area contributed by atoms with Crippen molar-refractivity contribution in [3.05, 3.63) is 82.6 Å². The number of aryl methyl sites for hydroxylation is 1. The highest BCUT2D eigenvalue weighted by molar-refractivity contribution is 6.29. The van der Waals surface area contributed by atoms with Crippen LogP contribution in [0.5, 0.6) is 0 Å². The summed E-state index contributed by atoms with van der Waals surface area (Å²) in [6.07, 6.45) is 0.186. The first-order valence-corrected chi connectivity index (χ1v) is 11.5. The van der Waals surface area contributed by atoms with Gasteiger partial charge >= 0.3 is 12.1 Å². The Morgan fingerprint density at radius 2 is 1.71 bits per heavy atom. The summed E-state index contributed by atoms with van der Waals surface area (Å²) in [5.74, 6) is -1.80. The van der Waals surface area contributed by atoms with Crippen LogP contribution in [0.3, 0.4) is 0 Å². The Labute approximate surface area is 207 Å². The molecule has 0 aliphatic heterocycles. The van der Waals surface area contributed by atoms with E-state index in [2.05, 4.69) is 15.6 Å². The molecule has 2 aromatic carbocycles. The molecule has 0 bridgehead atoms. The summed E-state index contributed by atoms with van der Waals surface area (Å²) in [6.45, 7) is 1.82. The van der Waals surface area contributed by atoms with Gasteiger partial charge in [-0.3, -0.25) is 9.59 Å². The molecule has 35 heavy (non-hydrogen) atoms. The van der Waals surface area contributed by atoms with Gasteiger partial charge in [-0.25, -0.2) is 9.78 Å². The summed E-state index contributed by atoms with van der Waals surface area (Å²) < 4.78 is 5.51. The zero-order valence-corrected chi connectivity index (χ0v) is 19.7. The zero-order valence-electron chi connectivity index (χ0n) is 19.0. The van der Waals surface area contributed by atoms with Gasteiger partial charge in [-0.05, 0) is 47.2 Å². The third kappa shape index (κ3) is 5.60. The Kier molecular flexibility index (Phi) is 7.31. The molecule has 4 rings (SSSR count). The van der Waals surface area contributed by atoms with Crippen molar-refractivity contribution in [3.8, 4) is 11.1 Å². The largest absolute Gasteiger partial charge is 0.481 e. The summed E-state index contributed by atoms with van der Waals surface area (Å²) in [5.41, 5.74) is 5.41. The smallest absolute Gasteiger partial charge is 0.407 e. The molecule has 3 N–H and O–H groups in total. The number of carbonyl (C=O) groups is 3. The van der Waals surface area contributed by atoms with Gasteiger partial charge in [0, 0.05) is 12.3 Å². The van der Waals surface area contributed by atoms with Gasteiger partial charge in [-0.15, -0.1) is 0 Å². The molecule has 1 atom stereocenters. The fraction of sp³-hybridized carbons (Fsp3) is 0.231. The number of aromatic nitrogens is 1. The minimum absolute atomic E-state index is 0.0767. The number of carboxylic acid groups (broad SMARTS) is 1. The standard InChI is InChI=1S/C26H24ClN3O5/c1-15-12-23(27)28-13-22(15)29-25(33)21(10-11-24(31)32)30-26(34)35-14-20-18-8-4-2-6-16(18)17-7-3-5-9-19(17)20/h2-9,12-13,20-21H,10-11,14H2,1H3,(H,29,33)(H,30,34)(H,31,32). The first-order valence-electron chi connectivity index (χ1n) is 11.1. The minimum atomic E-state index is -1.11. The first kappa shape index (κ1) is 24.2. The van der Waals surface area contributed by atoms with Crippen molar-refractivity contribution in [2.24, 2.45) is 0 Å². The molecule has 8 nitrogen and oxygen atoms in total. The van der Waals surface area contributed by atoms with Gasteiger partial charge in [0.05, 0.1) is 11.9 Å². The SMILES string of the molecule is Cc1cc(Cl)ncc1NC(=O)C(CCC(=O)O)NC(=O)OCC1c2ccccc2-c2ccccc21. The van der Waals surface area contributed by atoms with E-state index in [-0.39, 0.29) is 30.5 Å². The van der Waals surface area contributed by atoms with Crippen molar-refractivity contribution in [1.29, 1.82) is 0 Å². The van der Waals surface area contributed by atoms with E-state index in [1.54, 1.807) is 13.0 Å². The number of pyridine rings is 1. The average Bonchev–Trinajstić information content (AvgIpc) is 3.15. The molecule has 1 heterocycles. The molecular formula is C26H24ClN3O5. The van der Waals surface area contributed by atoms with E-state index in [1.165, 1.54) is 6.20 Å². The number of alkyl carbamates (subject to hydrolysis) is 1. The van der Waals surface area contributed by atoms with Crippen LogP contribution in [0.4, 0.5) is 10.5 Å². The van der Waals surface area contributed by atoms with Crippen LogP contribution in [0.25, 0.3) is 11.1 Å². The topological polar surface area (TPSA) is 118 Å². The molecule has 0 saturated carbocycles. The van der Waals surface area contributed by atoms with Crippen molar-refractivity contribution in [2.45, 2.75) is 31.7 Å². The first-order chi connectivity index (χ1) is 16.8. The number of anilines is 1. The molecule has 180 valence electrons. The Bertz CT molecular complexity index is 1230. The number of rotatable bonds is 8. The van der Waals surface area contributed by atoms with Gasteiger partial charge in [0.15, 0.2) is 0 Å². The Balaban J connectivity index is 1.43. The molecule has 0 spiro atoms. The third-order valence-electron chi connectivity index (χ3n) is 5.93. The van der Waals surface area contributed by atoms with E-state index in [4.69, 9.17) is 21.4 Å². The molecule has 1 aliphatic carbocycles. The molecule has 1 aromatic heterocycles. The van der Waals surface area contributed by atoms with Gasteiger partial charge in [-0.2, -0.15) is 0 Å². The highest BCUT2D eigenvalue weighted by Gasteiger charge is 2.30. The van der Waals surface area contributed by atoms with Gasteiger partial charge < -0.3 is 20.5 Å². The number of carboxylic acids is 1. The highest BCUT2D eigenvalue weighted by Crippen LogP contribution is 2.44. The maximum atomic E-state index is 12.9. The highest BCUT2D eigenvalue weighted by atomic mass is 35.5. The fourth-order valence-electron chi connectivity index (χ4n) is 4.19. The maximum Gasteiger partial charge on any atom is 0.407 e. The summed E-state index contributed by atoms with van der Waals surface area (Å²) >= 11 is 5.86. The van der Waals surface area contributed by atoms with Gasteiger partial charge in [-0.1, -0.05) is 60.1 Å². The van der Waals surface area contributed by atoms with E-state index in [9.17, 15) is 14.4 Å². The zero-order chi connectivity index (χ0) is 24.9. The number of ether oxygens (including phenoxy) is 1. The second-order valence-corrected chi connectivity index (χ2v) is 8.65. The number of aliphatic carboxylic acids is 1. The molecule has 2 amide bonds. The van der Waals surface area contributed by atoms with Crippen LogP contribution in [0.2, 0.25) is 5.15 Å². The Hall–Kier alpha value is -3.91. The quantitative estimate of drug-likeness (QED) is 0.390. The van der Waals surface area contributed by atoms with E-state index >= 15 is 0 Å². The Morgan fingerprint density at radius 3 is 2.31 bits per heavy atom. The second-order valence-electron chi connectivity index (χ2n) is 8.27. The number of hydrogen-bond acceptors (Lipinski definition) is 5. The summed E-state index contributed by atoms with van der Waals surface area (Å²) in [4.78, 5) is 40.5. The Morgan fingerprint density at radius 1 is 1.09 bits per heavy atom. The monoisotopic (exact) mass is 493 g/mol. The van der Waals surface area contributed by atoms with Crippen LogP contribution >= 0.6 is 11.6 Å². The number of nitrogens with zero attached hydrogens (tertiary/aromatic N) is 1. The van der Waals surface area contributed by atoms with E-state index in [0.29, 0.717) is 11.3 Å². The fourth-order valence-corrected chi connectivity index (χ4v) is 4.40. The lowest BCUT2D eigenvalue weighted by Crippen LogP contribution is -2.44. The van der Waals surface area contributed by atoms with Crippen molar-refractivity contribution >= 4 is 35.3 Å². The molecule has 0 fully saturated rings. The van der Waals surface area contributed by atoms with E-state index < -0.39 is 24.0 Å². The molecule has 9 heteroatoms. The van der Waals surface area contributed by atoms with Gasteiger partial charge in [0.1, 0.15) is 17.8 Å². The van der Waals surface area contributed by atoms with Crippen LogP contribution in [0.15, 0.2) is 60.8 Å². The molecule has 1 unspecified atom stereocenters. The number of hydrogen-bond donors (Lipinski definition) is 3. The molecule has 0 radical (unpaired) electrons. The third-order valence-corrected chi connectivity index (χ3v) is 6.14.